The third-order valence-electron chi connectivity index (χ3n) is 12.3. The molecule has 0 heterocycles. The molecule has 0 radical (unpaired) electrons. The molecule has 4 rings (SSSR count). The fourth-order valence-electron chi connectivity index (χ4n) is 9.94. The number of aliphatic hydroxyl groups is 1. The summed E-state index contributed by atoms with van der Waals surface area (Å²) in [5.74, 6) is 1.65. The van der Waals surface area contributed by atoms with E-state index in [9.17, 15) is 9.90 Å². The van der Waals surface area contributed by atoms with E-state index in [1.165, 1.54) is 56.9 Å². The van der Waals surface area contributed by atoms with Gasteiger partial charge >= 0.3 is 5.97 Å². The Morgan fingerprint density at radius 2 is 1.76 bits per heavy atom. The maximum Gasteiger partial charge on any atom is 0.336 e. The van der Waals surface area contributed by atoms with Gasteiger partial charge in [-0.2, -0.15) is 0 Å². The van der Waals surface area contributed by atoms with E-state index >= 15 is 0 Å². The van der Waals surface area contributed by atoms with Crippen LogP contribution in [0.5, 0.6) is 0 Å². The lowest BCUT2D eigenvalue weighted by atomic mass is 9.43. The quantitative estimate of drug-likeness (QED) is 0.212. The van der Waals surface area contributed by atoms with E-state index in [2.05, 4.69) is 68.0 Å². The van der Waals surface area contributed by atoms with Gasteiger partial charge in [-0.05, 0) is 112 Å². The van der Waals surface area contributed by atoms with Crippen LogP contribution in [-0.4, -0.2) is 23.8 Å². The molecule has 1 N–H and O–H groups in total. The lowest BCUT2D eigenvalue weighted by molar-refractivity contribution is -0.165. The molecular weight excluding hydrogens is 456 g/mol. The standard InChI is InChI=1S/C34H54O3/c1-22(2)11-10-12-23(3)25-15-19-34(9)27-13-14-28-31(5,6)29(37-30(36)24(4)21-35)17-18-32(28,7)26(27)16-20-33(25,34)8/h11,23,25,28-29,35H,4,10,12-21H2,1-3,5-9H3/t23-,25-,28+,29+,32-,33-,34+/m1/s1. The summed E-state index contributed by atoms with van der Waals surface area (Å²) in [6.07, 6.45) is 14.5. The summed E-state index contributed by atoms with van der Waals surface area (Å²) >= 11 is 0. The highest BCUT2D eigenvalue weighted by Gasteiger charge is 2.63. The van der Waals surface area contributed by atoms with Gasteiger partial charge in [-0.25, -0.2) is 4.79 Å². The van der Waals surface area contributed by atoms with Gasteiger partial charge in [0.2, 0.25) is 0 Å². The highest BCUT2D eigenvalue weighted by molar-refractivity contribution is 5.88. The fourth-order valence-corrected chi connectivity index (χ4v) is 9.94. The van der Waals surface area contributed by atoms with Crippen LogP contribution in [0, 0.1) is 39.4 Å². The molecule has 3 heteroatoms. The number of fused-ring (bicyclic) bond motifs is 4. The second-order valence-corrected chi connectivity index (χ2v) is 14.7. The molecule has 4 aliphatic carbocycles. The zero-order valence-electron chi connectivity index (χ0n) is 25.1. The first-order chi connectivity index (χ1) is 17.2. The zero-order valence-corrected chi connectivity index (χ0v) is 25.1. The number of hydrogen-bond acceptors (Lipinski definition) is 3. The molecule has 0 aromatic carbocycles. The molecule has 4 aliphatic rings. The van der Waals surface area contributed by atoms with Crippen molar-refractivity contribution in [2.75, 3.05) is 6.61 Å². The van der Waals surface area contributed by atoms with Gasteiger partial charge in [0, 0.05) is 5.41 Å². The van der Waals surface area contributed by atoms with Crippen LogP contribution in [0.4, 0.5) is 0 Å². The highest BCUT2D eigenvalue weighted by atomic mass is 16.5. The van der Waals surface area contributed by atoms with Crippen molar-refractivity contribution < 1.29 is 14.6 Å². The summed E-state index contributed by atoms with van der Waals surface area (Å²) in [7, 11) is 0. The van der Waals surface area contributed by atoms with Crippen molar-refractivity contribution in [2.24, 2.45) is 39.4 Å². The molecule has 0 bridgehead atoms. The third kappa shape index (κ3) is 4.50. The second-order valence-electron chi connectivity index (χ2n) is 14.7. The molecule has 0 spiro atoms. The molecule has 0 aromatic heterocycles. The van der Waals surface area contributed by atoms with E-state index in [0.717, 1.165) is 24.7 Å². The van der Waals surface area contributed by atoms with E-state index in [-0.39, 0.29) is 29.1 Å². The maximum absolute atomic E-state index is 12.5. The van der Waals surface area contributed by atoms with Gasteiger partial charge in [-0.15, -0.1) is 0 Å². The van der Waals surface area contributed by atoms with E-state index < -0.39 is 5.97 Å². The summed E-state index contributed by atoms with van der Waals surface area (Å²) in [4.78, 5) is 12.5. The molecule has 7 atom stereocenters. The van der Waals surface area contributed by atoms with Crippen LogP contribution in [0.2, 0.25) is 0 Å². The van der Waals surface area contributed by atoms with Gasteiger partial charge in [0.25, 0.3) is 0 Å². The topological polar surface area (TPSA) is 46.5 Å². The van der Waals surface area contributed by atoms with E-state index in [1.54, 1.807) is 5.57 Å². The second kappa shape index (κ2) is 10.00. The van der Waals surface area contributed by atoms with Crippen LogP contribution >= 0.6 is 0 Å². The number of ether oxygens (including phenoxy) is 1. The number of esters is 1. The lowest BCUT2D eigenvalue weighted by Gasteiger charge is -2.62. The first-order valence-electron chi connectivity index (χ1n) is 15.1. The largest absolute Gasteiger partial charge is 0.458 e. The van der Waals surface area contributed by atoms with Crippen molar-refractivity contribution >= 4 is 5.97 Å². The van der Waals surface area contributed by atoms with Gasteiger partial charge < -0.3 is 9.84 Å². The number of rotatable bonds is 7. The van der Waals surface area contributed by atoms with Crippen molar-refractivity contribution in [1.82, 2.24) is 0 Å². The third-order valence-corrected chi connectivity index (χ3v) is 12.3. The predicted octanol–water partition coefficient (Wildman–Crippen LogP) is 8.58. The number of hydrogen-bond donors (Lipinski definition) is 1. The number of carbonyl (C=O) groups excluding carboxylic acids is 1. The number of allylic oxidation sites excluding steroid dienone is 4. The van der Waals surface area contributed by atoms with Crippen molar-refractivity contribution in [3.8, 4) is 0 Å². The van der Waals surface area contributed by atoms with E-state index in [0.29, 0.717) is 16.7 Å². The van der Waals surface area contributed by atoms with Crippen LogP contribution in [0.15, 0.2) is 34.9 Å². The van der Waals surface area contributed by atoms with E-state index in [1.807, 2.05) is 5.57 Å². The maximum atomic E-state index is 12.5. The Morgan fingerprint density at radius 1 is 1.05 bits per heavy atom. The van der Waals surface area contributed by atoms with Crippen molar-refractivity contribution in [3.63, 3.8) is 0 Å². The fraction of sp³-hybridized carbons (Fsp3) is 0.794. The molecule has 0 aromatic rings. The molecule has 2 saturated carbocycles. The lowest BCUT2D eigenvalue weighted by Crippen LogP contribution is -2.56. The average molecular weight is 511 g/mol. The first-order valence-corrected chi connectivity index (χ1v) is 15.1. The molecular formula is C34H54O3. The predicted molar refractivity (Wildman–Crippen MR) is 153 cm³/mol. The van der Waals surface area contributed by atoms with Crippen molar-refractivity contribution in [3.05, 3.63) is 34.9 Å². The molecule has 208 valence electrons. The Morgan fingerprint density at radius 3 is 2.41 bits per heavy atom. The number of carbonyl (C=O) groups is 1. The van der Waals surface area contributed by atoms with Crippen LogP contribution in [0.1, 0.15) is 120 Å². The Bertz CT molecular complexity index is 981. The van der Waals surface area contributed by atoms with Crippen molar-refractivity contribution in [1.29, 1.82) is 0 Å². The van der Waals surface area contributed by atoms with Gasteiger partial charge in [-0.3, -0.25) is 0 Å². The van der Waals surface area contributed by atoms with Gasteiger partial charge in [0.05, 0.1) is 12.2 Å². The minimum absolute atomic E-state index is 0.101. The van der Waals surface area contributed by atoms with Crippen LogP contribution in [0.3, 0.4) is 0 Å². The molecule has 0 saturated heterocycles. The van der Waals surface area contributed by atoms with E-state index in [4.69, 9.17) is 4.74 Å². The molecule has 0 unspecified atom stereocenters. The Kier molecular flexibility index (Phi) is 7.74. The van der Waals surface area contributed by atoms with Crippen LogP contribution in [-0.2, 0) is 9.53 Å². The molecule has 2 fully saturated rings. The first kappa shape index (κ1) is 28.7. The van der Waals surface area contributed by atoms with Crippen LogP contribution in [0.25, 0.3) is 0 Å². The van der Waals surface area contributed by atoms with Gasteiger partial charge in [0.15, 0.2) is 0 Å². The van der Waals surface area contributed by atoms with Gasteiger partial charge in [-0.1, -0.05) is 70.9 Å². The Labute approximate surface area is 227 Å². The average Bonchev–Trinajstić information content (AvgIpc) is 3.11. The monoisotopic (exact) mass is 510 g/mol. The minimum Gasteiger partial charge on any atom is -0.458 e. The SMILES string of the molecule is C=C(CO)C(=O)O[C@H]1CC[C@]2(C)C3=C(CC[C@H]2C1(C)C)[C@]1(C)CC[C@H]([C@H](C)CCC=C(C)C)[C@@]1(C)CC3. The molecule has 37 heavy (non-hydrogen) atoms. The molecule has 0 amide bonds. The summed E-state index contributed by atoms with van der Waals surface area (Å²) in [5, 5.41) is 9.35. The van der Waals surface area contributed by atoms with Gasteiger partial charge in [0.1, 0.15) is 6.10 Å². The normalized spacial score (nSPS) is 39.2. The highest BCUT2D eigenvalue weighted by Crippen LogP contribution is 2.72. The summed E-state index contributed by atoms with van der Waals surface area (Å²) in [6.45, 7) is 22.8. The summed E-state index contributed by atoms with van der Waals surface area (Å²) in [5.41, 5.74) is 5.99. The zero-order chi connectivity index (χ0) is 27.4. The van der Waals surface area contributed by atoms with Crippen LogP contribution < -0.4 is 0 Å². The summed E-state index contributed by atoms with van der Waals surface area (Å²) in [6, 6.07) is 0. The smallest absolute Gasteiger partial charge is 0.336 e. The minimum atomic E-state index is -0.434. The molecule has 3 nitrogen and oxygen atoms in total. The Balaban J connectivity index is 1.60. The summed E-state index contributed by atoms with van der Waals surface area (Å²) < 4.78 is 5.96. The Hall–Kier alpha value is -1.35. The molecule has 0 aliphatic heterocycles. The van der Waals surface area contributed by atoms with Crippen molar-refractivity contribution in [2.45, 2.75) is 126 Å². The number of aliphatic hydroxyl groups excluding tert-OH is 1.